The molecule has 43 heavy (non-hydrogen) atoms. The van der Waals surface area contributed by atoms with Gasteiger partial charge in [-0.25, -0.2) is 12.8 Å². The first kappa shape index (κ1) is 31.9. The van der Waals surface area contributed by atoms with Gasteiger partial charge < -0.3 is 10.2 Å². The monoisotopic (exact) mass is 665 g/mol. The van der Waals surface area contributed by atoms with Crippen LogP contribution in [-0.4, -0.2) is 43.8 Å². The molecule has 0 unspecified atom stereocenters. The molecule has 1 atom stereocenters. The van der Waals surface area contributed by atoms with Crippen molar-refractivity contribution >= 4 is 43.5 Å². The van der Waals surface area contributed by atoms with E-state index in [4.69, 9.17) is 0 Å². The Hall–Kier alpha value is -4.02. The fourth-order valence-electron chi connectivity index (χ4n) is 4.60. The molecule has 4 rings (SSSR count). The van der Waals surface area contributed by atoms with Gasteiger partial charge in [0, 0.05) is 23.5 Å². The molecule has 1 N–H and O–H groups in total. The molecule has 0 aromatic heterocycles. The number of rotatable bonds is 12. The number of benzene rings is 4. The topological polar surface area (TPSA) is 86.8 Å². The number of nitrogens with one attached hydrogen (secondary N) is 1. The Morgan fingerprint density at radius 3 is 2.07 bits per heavy atom. The fraction of sp³-hybridized carbons (Fsp3) is 0.212. The van der Waals surface area contributed by atoms with Crippen molar-refractivity contribution in [3.8, 4) is 0 Å². The zero-order valence-electron chi connectivity index (χ0n) is 23.9. The van der Waals surface area contributed by atoms with Crippen molar-refractivity contribution in [2.24, 2.45) is 0 Å². The molecule has 10 heteroatoms. The number of nitrogens with zero attached hydrogens (tertiary/aromatic N) is 2. The molecule has 0 aliphatic carbocycles. The van der Waals surface area contributed by atoms with Gasteiger partial charge in [0.15, 0.2) is 0 Å². The first-order valence-corrected chi connectivity index (χ1v) is 16.0. The molecule has 0 aliphatic heterocycles. The Morgan fingerprint density at radius 2 is 1.47 bits per heavy atom. The van der Waals surface area contributed by atoms with Crippen LogP contribution in [0.4, 0.5) is 10.1 Å². The van der Waals surface area contributed by atoms with Crippen LogP contribution in [0.15, 0.2) is 119 Å². The summed E-state index contributed by atoms with van der Waals surface area (Å²) in [4.78, 5) is 29.4. The summed E-state index contributed by atoms with van der Waals surface area (Å²) in [5, 5.41) is 2.91. The predicted molar refractivity (Wildman–Crippen MR) is 169 cm³/mol. The van der Waals surface area contributed by atoms with Crippen molar-refractivity contribution in [3.63, 3.8) is 0 Å². The molecule has 224 valence electrons. The van der Waals surface area contributed by atoms with Gasteiger partial charge in [0.2, 0.25) is 11.8 Å². The standard InChI is InChI=1S/C33H33BrFN3O4S/c1-24(2)36-33(40)31(20-25-10-5-3-6-11-25)37(22-26-16-18-28(35)19-17-26)32(39)23-38(29-13-9-12-27(34)21-29)43(41,42)30-14-7-4-8-15-30/h3-19,21,24,31H,20,22-23H2,1-2H3,(H,36,40)/t31-/m1/s1. The fourth-order valence-corrected chi connectivity index (χ4v) is 6.42. The number of sulfonamides is 1. The summed E-state index contributed by atoms with van der Waals surface area (Å²) in [5.74, 6) is -1.41. The van der Waals surface area contributed by atoms with Gasteiger partial charge in [0.1, 0.15) is 18.4 Å². The van der Waals surface area contributed by atoms with E-state index in [1.54, 1.807) is 54.6 Å². The quantitative estimate of drug-likeness (QED) is 0.203. The number of carbonyl (C=O) groups is 2. The minimum atomic E-state index is -4.19. The van der Waals surface area contributed by atoms with Gasteiger partial charge in [-0.1, -0.05) is 82.7 Å². The minimum absolute atomic E-state index is 0.0197. The van der Waals surface area contributed by atoms with Gasteiger partial charge in [0.25, 0.3) is 10.0 Å². The Morgan fingerprint density at radius 1 is 0.837 bits per heavy atom. The number of amides is 2. The van der Waals surface area contributed by atoms with Gasteiger partial charge in [-0.15, -0.1) is 0 Å². The van der Waals surface area contributed by atoms with E-state index in [0.717, 1.165) is 9.87 Å². The van der Waals surface area contributed by atoms with Crippen LogP contribution in [0.2, 0.25) is 0 Å². The van der Waals surface area contributed by atoms with Gasteiger partial charge >= 0.3 is 0 Å². The number of carbonyl (C=O) groups excluding carboxylic acids is 2. The second kappa shape index (κ2) is 14.4. The maximum atomic E-state index is 14.3. The SMILES string of the molecule is CC(C)NC(=O)[C@@H](Cc1ccccc1)N(Cc1ccc(F)cc1)C(=O)CN(c1cccc(Br)c1)S(=O)(=O)c1ccccc1. The summed E-state index contributed by atoms with van der Waals surface area (Å²) in [6.45, 7) is 3.03. The van der Waals surface area contributed by atoms with Crippen molar-refractivity contribution in [3.05, 3.63) is 131 Å². The second-order valence-corrected chi connectivity index (χ2v) is 13.1. The van der Waals surface area contributed by atoms with Gasteiger partial charge in [-0.3, -0.25) is 13.9 Å². The zero-order valence-corrected chi connectivity index (χ0v) is 26.3. The first-order valence-electron chi connectivity index (χ1n) is 13.8. The molecule has 0 radical (unpaired) electrons. The molecule has 0 spiro atoms. The van der Waals surface area contributed by atoms with Gasteiger partial charge in [-0.05, 0) is 67.4 Å². The second-order valence-electron chi connectivity index (χ2n) is 10.3. The van der Waals surface area contributed by atoms with Crippen molar-refractivity contribution < 1.29 is 22.4 Å². The van der Waals surface area contributed by atoms with E-state index in [9.17, 15) is 22.4 Å². The van der Waals surface area contributed by atoms with Crippen LogP contribution in [0.25, 0.3) is 0 Å². The Balaban J connectivity index is 1.80. The van der Waals surface area contributed by atoms with Gasteiger partial charge in [0.05, 0.1) is 10.6 Å². The summed E-state index contributed by atoms with van der Waals surface area (Å²) >= 11 is 3.40. The zero-order chi connectivity index (χ0) is 31.0. The molecule has 0 saturated heterocycles. The van der Waals surface area contributed by atoms with E-state index in [1.807, 2.05) is 44.2 Å². The summed E-state index contributed by atoms with van der Waals surface area (Å²) in [6, 6.07) is 28.3. The molecular weight excluding hydrogens is 633 g/mol. The Labute approximate surface area is 260 Å². The average Bonchev–Trinajstić information content (AvgIpc) is 2.99. The number of anilines is 1. The normalized spacial score (nSPS) is 12.0. The first-order chi connectivity index (χ1) is 20.5. The lowest BCUT2D eigenvalue weighted by Crippen LogP contribution is -2.54. The number of hydrogen-bond donors (Lipinski definition) is 1. The number of hydrogen-bond acceptors (Lipinski definition) is 4. The van der Waals surface area contributed by atoms with Crippen LogP contribution in [0, 0.1) is 5.82 Å². The van der Waals surface area contributed by atoms with E-state index in [2.05, 4.69) is 21.2 Å². The third-order valence-corrected chi connectivity index (χ3v) is 8.96. The lowest BCUT2D eigenvalue weighted by Gasteiger charge is -2.34. The summed E-state index contributed by atoms with van der Waals surface area (Å²) < 4.78 is 43.4. The molecule has 4 aromatic carbocycles. The molecule has 7 nitrogen and oxygen atoms in total. The molecule has 0 saturated carbocycles. The van der Waals surface area contributed by atoms with E-state index in [-0.39, 0.29) is 35.5 Å². The van der Waals surface area contributed by atoms with Crippen molar-refractivity contribution in [1.82, 2.24) is 10.2 Å². The summed E-state index contributed by atoms with van der Waals surface area (Å²) in [7, 11) is -4.19. The van der Waals surface area contributed by atoms with E-state index < -0.39 is 34.3 Å². The smallest absolute Gasteiger partial charge is 0.264 e. The Kier molecular flexibility index (Phi) is 10.7. The maximum absolute atomic E-state index is 14.3. The highest BCUT2D eigenvalue weighted by atomic mass is 79.9. The van der Waals surface area contributed by atoms with Crippen LogP contribution in [-0.2, 0) is 32.6 Å². The largest absolute Gasteiger partial charge is 0.352 e. The predicted octanol–water partition coefficient (Wildman–Crippen LogP) is 5.95. The highest BCUT2D eigenvalue weighted by molar-refractivity contribution is 9.10. The van der Waals surface area contributed by atoms with Crippen molar-refractivity contribution in [2.75, 3.05) is 10.8 Å². The molecule has 0 aliphatic rings. The third-order valence-electron chi connectivity index (χ3n) is 6.67. The highest BCUT2D eigenvalue weighted by Crippen LogP contribution is 2.27. The molecule has 2 amide bonds. The summed E-state index contributed by atoms with van der Waals surface area (Å²) in [5.41, 5.74) is 1.69. The van der Waals surface area contributed by atoms with E-state index in [0.29, 0.717) is 10.0 Å². The lowest BCUT2D eigenvalue weighted by atomic mass is 10.0. The molecule has 0 fully saturated rings. The molecule has 0 heterocycles. The highest BCUT2D eigenvalue weighted by Gasteiger charge is 2.34. The van der Waals surface area contributed by atoms with Crippen molar-refractivity contribution in [2.45, 2.75) is 43.8 Å². The van der Waals surface area contributed by atoms with Crippen LogP contribution in [0.5, 0.6) is 0 Å². The maximum Gasteiger partial charge on any atom is 0.264 e. The molecule has 4 aromatic rings. The van der Waals surface area contributed by atoms with Crippen LogP contribution in [0.1, 0.15) is 25.0 Å². The number of halogens is 2. The van der Waals surface area contributed by atoms with Crippen LogP contribution in [0.3, 0.4) is 0 Å². The summed E-state index contributed by atoms with van der Waals surface area (Å²) in [6.07, 6.45) is 0.189. The van der Waals surface area contributed by atoms with Crippen LogP contribution >= 0.6 is 15.9 Å². The lowest BCUT2D eigenvalue weighted by molar-refractivity contribution is -0.140. The average molecular weight is 667 g/mol. The molecular formula is C33H33BrFN3O4S. The van der Waals surface area contributed by atoms with Crippen LogP contribution < -0.4 is 9.62 Å². The molecule has 0 bridgehead atoms. The van der Waals surface area contributed by atoms with Crippen molar-refractivity contribution in [1.29, 1.82) is 0 Å². The van der Waals surface area contributed by atoms with E-state index >= 15 is 0 Å². The minimum Gasteiger partial charge on any atom is -0.352 e. The van der Waals surface area contributed by atoms with E-state index in [1.165, 1.54) is 29.2 Å². The Bertz CT molecular complexity index is 1640. The van der Waals surface area contributed by atoms with Gasteiger partial charge in [-0.2, -0.15) is 0 Å². The third kappa shape index (κ3) is 8.52.